The standard InChI is InChI=1S/C30H43NO3/c1-23-12-3-6-16-26(23)27-17-7-8-18-28(27)30(33,19-9-10-21-34-2)25-15-11-20-31(22-25)29(32)24-13-4-5-14-24/h3,6,12,16-18,24-25,33H,4-5,7-11,13-15,19-22H2,1-2H3/t25-,30+/m1/s1. The minimum absolute atomic E-state index is 0.0610. The first-order chi connectivity index (χ1) is 16.5. The number of carbonyl (C=O) groups excluding carboxylic acids is 1. The van der Waals surface area contributed by atoms with Gasteiger partial charge in [0.2, 0.25) is 5.91 Å². The summed E-state index contributed by atoms with van der Waals surface area (Å²) in [6, 6.07) is 8.51. The molecule has 4 rings (SSSR count). The van der Waals surface area contributed by atoms with Crippen molar-refractivity contribution in [2.24, 2.45) is 11.8 Å². The number of piperidine rings is 1. The molecule has 2 fully saturated rings. The van der Waals surface area contributed by atoms with E-state index in [9.17, 15) is 9.90 Å². The minimum Gasteiger partial charge on any atom is -0.385 e. The SMILES string of the molecule is COCCCC[C@@](O)(C1=CCCC=C1c1ccccc1C)[C@@H]1CCCN(C(=O)C2CCCC2)C1. The van der Waals surface area contributed by atoms with Gasteiger partial charge < -0.3 is 14.7 Å². The van der Waals surface area contributed by atoms with Gasteiger partial charge in [-0.1, -0.05) is 49.3 Å². The van der Waals surface area contributed by atoms with Gasteiger partial charge in [-0.05, 0) is 87.0 Å². The summed E-state index contributed by atoms with van der Waals surface area (Å²) >= 11 is 0. The second kappa shape index (κ2) is 11.7. The Morgan fingerprint density at radius 1 is 1.09 bits per heavy atom. The molecule has 1 N–H and O–H groups in total. The zero-order chi connectivity index (χ0) is 24.0. The van der Waals surface area contributed by atoms with E-state index in [1.165, 1.54) is 29.5 Å². The van der Waals surface area contributed by atoms with Crippen LogP contribution in [0, 0.1) is 18.8 Å². The van der Waals surface area contributed by atoms with Crippen molar-refractivity contribution in [2.75, 3.05) is 26.8 Å². The molecule has 1 saturated carbocycles. The Hall–Kier alpha value is -1.91. The molecule has 0 radical (unpaired) electrons. The van der Waals surface area contributed by atoms with E-state index >= 15 is 0 Å². The van der Waals surface area contributed by atoms with Crippen LogP contribution in [0.3, 0.4) is 0 Å². The number of carbonyl (C=O) groups is 1. The molecule has 0 aromatic heterocycles. The van der Waals surface area contributed by atoms with Crippen molar-refractivity contribution in [3.8, 4) is 0 Å². The van der Waals surface area contributed by atoms with Crippen LogP contribution in [0.4, 0.5) is 0 Å². The molecule has 2 aliphatic carbocycles. The highest BCUT2D eigenvalue weighted by Gasteiger charge is 2.44. The summed E-state index contributed by atoms with van der Waals surface area (Å²) in [7, 11) is 1.74. The average Bonchev–Trinajstić information content (AvgIpc) is 3.42. The Morgan fingerprint density at radius 3 is 2.62 bits per heavy atom. The van der Waals surface area contributed by atoms with Crippen LogP contribution < -0.4 is 0 Å². The Bertz CT molecular complexity index is 898. The van der Waals surface area contributed by atoms with Crippen molar-refractivity contribution in [2.45, 2.75) is 83.2 Å². The van der Waals surface area contributed by atoms with Crippen LogP contribution in [0.25, 0.3) is 5.57 Å². The fraction of sp³-hybridized carbons (Fsp3) is 0.633. The van der Waals surface area contributed by atoms with E-state index in [4.69, 9.17) is 4.74 Å². The summed E-state index contributed by atoms with van der Waals surface area (Å²) in [6.07, 6.45) is 15.5. The Labute approximate surface area is 206 Å². The van der Waals surface area contributed by atoms with Crippen molar-refractivity contribution in [1.82, 2.24) is 4.90 Å². The van der Waals surface area contributed by atoms with E-state index in [0.29, 0.717) is 25.5 Å². The lowest BCUT2D eigenvalue weighted by Gasteiger charge is -2.45. The number of aryl methyl sites for hydroxylation is 1. The first-order valence-electron chi connectivity index (χ1n) is 13.5. The van der Waals surface area contributed by atoms with E-state index in [1.54, 1.807) is 7.11 Å². The van der Waals surface area contributed by atoms with Crippen molar-refractivity contribution in [1.29, 1.82) is 0 Å². The van der Waals surface area contributed by atoms with Crippen molar-refractivity contribution < 1.29 is 14.6 Å². The predicted octanol–water partition coefficient (Wildman–Crippen LogP) is 6.08. The number of benzene rings is 1. The maximum atomic E-state index is 13.3. The van der Waals surface area contributed by atoms with Crippen LogP contribution in [0.1, 0.15) is 81.8 Å². The molecule has 4 heteroatoms. The molecule has 1 aromatic rings. The van der Waals surface area contributed by atoms with Crippen LogP contribution in [-0.2, 0) is 9.53 Å². The lowest BCUT2D eigenvalue weighted by molar-refractivity contribution is -0.139. The number of likely N-dealkylation sites (tertiary alicyclic amines) is 1. The Kier molecular flexibility index (Phi) is 8.65. The van der Waals surface area contributed by atoms with E-state index in [0.717, 1.165) is 63.5 Å². The van der Waals surface area contributed by atoms with Crippen LogP contribution in [0.5, 0.6) is 0 Å². The smallest absolute Gasteiger partial charge is 0.225 e. The molecule has 4 nitrogen and oxygen atoms in total. The summed E-state index contributed by atoms with van der Waals surface area (Å²) in [6.45, 7) is 4.38. The highest BCUT2D eigenvalue weighted by molar-refractivity contribution is 5.83. The fourth-order valence-corrected chi connectivity index (χ4v) is 6.41. The molecule has 0 unspecified atom stereocenters. The lowest BCUT2D eigenvalue weighted by Crippen LogP contribution is -2.51. The molecule has 1 saturated heterocycles. The van der Waals surface area contributed by atoms with Crippen molar-refractivity contribution in [3.05, 3.63) is 53.1 Å². The number of rotatable bonds is 9. The maximum absolute atomic E-state index is 13.3. The number of hydrogen-bond donors (Lipinski definition) is 1. The molecule has 0 bridgehead atoms. The van der Waals surface area contributed by atoms with Gasteiger partial charge in [-0.15, -0.1) is 0 Å². The highest BCUT2D eigenvalue weighted by atomic mass is 16.5. The van der Waals surface area contributed by atoms with Gasteiger partial charge in [-0.3, -0.25) is 4.79 Å². The Morgan fingerprint density at radius 2 is 1.85 bits per heavy atom. The first-order valence-corrected chi connectivity index (χ1v) is 13.5. The normalized spacial score (nSPS) is 23.4. The molecule has 2 atom stereocenters. The first kappa shape index (κ1) is 25.2. The molecule has 34 heavy (non-hydrogen) atoms. The third-order valence-corrected chi connectivity index (χ3v) is 8.32. The summed E-state index contributed by atoms with van der Waals surface area (Å²) in [4.78, 5) is 15.4. The molecule has 1 aromatic carbocycles. The van der Waals surface area contributed by atoms with Crippen molar-refractivity contribution >= 4 is 11.5 Å². The van der Waals surface area contributed by atoms with Crippen LogP contribution in [0.2, 0.25) is 0 Å². The third-order valence-electron chi connectivity index (χ3n) is 8.32. The largest absolute Gasteiger partial charge is 0.385 e. The molecular formula is C30H43NO3. The van der Waals surface area contributed by atoms with Gasteiger partial charge in [-0.25, -0.2) is 0 Å². The van der Waals surface area contributed by atoms with Gasteiger partial charge in [0.05, 0.1) is 5.60 Å². The molecule has 186 valence electrons. The van der Waals surface area contributed by atoms with Gasteiger partial charge in [0.25, 0.3) is 0 Å². The molecule has 3 aliphatic rings. The monoisotopic (exact) mass is 465 g/mol. The van der Waals surface area contributed by atoms with Gasteiger partial charge >= 0.3 is 0 Å². The lowest BCUT2D eigenvalue weighted by atomic mass is 9.69. The number of methoxy groups -OCH3 is 1. The number of amides is 1. The van der Waals surface area contributed by atoms with Gasteiger partial charge in [0, 0.05) is 38.6 Å². The van der Waals surface area contributed by atoms with E-state index in [2.05, 4.69) is 48.2 Å². The minimum atomic E-state index is -0.934. The zero-order valence-electron chi connectivity index (χ0n) is 21.2. The van der Waals surface area contributed by atoms with E-state index in [-0.39, 0.29) is 11.8 Å². The second-order valence-corrected chi connectivity index (χ2v) is 10.6. The quantitative estimate of drug-likeness (QED) is 0.450. The molecule has 1 heterocycles. The number of unbranched alkanes of at least 4 members (excludes halogenated alkanes) is 1. The average molecular weight is 466 g/mol. The fourth-order valence-electron chi connectivity index (χ4n) is 6.41. The number of ether oxygens (including phenoxy) is 1. The molecular weight excluding hydrogens is 422 g/mol. The molecule has 1 aliphatic heterocycles. The van der Waals surface area contributed by atoms with Crippen LogP contribution in [0.15, 0.2) is 42.0 Å². The van der Waals surface area contributed by atoms with Crippen molar-refractivity contribution in [3.63, 3.8) is 0 Å². The summed E-state index contributed by atoms with van der Waals surface area (Å²) in [5.41, 5.74) is 3.81. The van der Waals surface area contributed by atoms with Gasteiger partial charge in [0.15, 0.2) is 0 Å². The summed E-state index contributed by atoms with van der Waals surface area (Å²) in [5.74, 6) is 0.590. The third kappa shape index (κ3) is 5.49. The van der Waals surface area contributed by atoms with Gasteiger partial charge in [-0.2, -0.15) is 0 Å². The number of aliphatic hydroxyl groups is 1. The van der Waals surface area contributed by atoms with Crippen LogP contribution >= 0.6 is 0 Å². The van der Waals surface area contributed by atoms with E-state index in [1.807, 2.05) is 0 Å². The summed E-state index contributed by atoms with van der Waals surface area (Å²) in [5, 5.41) is 12.6. The zero-order valence-corrected chi connectivity index (χ0v) is 21.2. The number of nitrogens with zero attached hydrogens (tertiary/aromatic N) is 1. The van der Waals surface area contributed by atoms with E-state index < -0.39 is 5.60 Å². The summed E-state index contributed by atoms with van der Waals surface area (Å²) < 4.78 is 5.30. The number of hydrogen-bond acceptors (Lipinski definition) is 3. The topological polar surface area (TPSA) is 49.8 Å². The van der Waals surface area contributed by atoms with Crippen LogP contribution in [-0.4, -0.2) is 48.3 Å². The second-order valence-electron chi connectivity index (χ2n) is 10.6. The maximum Gasteiger partial charge on any atom is 0.225 e. The predicted molar refractivity (Wildman–Crippen MR) is 138 cm³/mol. The van der Waals surface area contributed by atoms with Gasteiger partial charge in [0.1, 0.15) is 0 Å². The number of allylic oxidation sites excluding steroid dienone is 2. The molecule has 0 spiro atoms. The molecule has 1 amide bonds. The Balaban J connectivity index is 1.62. The highest BCUT2D eigenvalue weighted by Crippen LogP contribution is 2.45.